The fraction of sp³-hybridized carbons (Fsp3) is 0.933. The highest BCUT2D eigenvalue weighted by atomic mass is 16.4. The number of carboxylic acids is 1. The number of carbonyl (C=O) groups excluding carboxylic acids is 1. The average molecular weight is 259 g/mol. The quantitative estimate of drug-likeness (QED) is 0.607. The third-order valence-corrected chi connectivity index (χ3v) is 3.70. The maximum atomic E-state index is 11.0. The van der Waals surface area contributed by atoms with Crippen LogP contribution >= 0.6 is 0 Å². The van der Waals surface area contributed by atoms with Gasteiger partial charge in [0.15, 0.2) is 0 Å². The molecular weight excluding hydrogens is 226 g/mol. The molecule has 0 bridgehead atoms. The molecule has 18 heavy (non-hydrogen) atoms. The molecule has 0 unspecified atom stereocenters. The van der Waals surface area contributed by atoms with Crippen LogP contribution in [0, 0.1) is 5.41 Å². The van der Waals surface area contributed by atoms with Crippen molar-refractivity contribution >= 4 is 5.97 Å². The Morgan fingerprint density at radius 2 is 1.22 bits per heavy atom. The van der Waals surface area contributed by atoms with E-state index in [2.05, 4.69) is 20.8 Å². The Morgan fingerprint density at radius 1 is 0.889 bits per heavy atom. The third-order valence-electron chi connectivity index (χ3n) is 3.70. The predicted octanol–water partition coefficient (Wildman–Crippen LogP) is 4.06. The molecule has 0 aromatic carbocycles. The molecule has 0 saturated heterocycles. The molecule has 3 nitrogen and oxygen atoms in total. The Labute approximate surface area is 113 Å². The molecular formula is C15H33NO2. The van der Waals surface area contributed by atoms with E-state index in [1.54, 1.807) is 0 Å². The van der Waals surface area contributed by atoms with Crippen LogP contribution < -0.4 is 11.3 Å². The lowest BCUT2D eigenvalue weighted by molar-refractivity contribution is -0.308. The number of rotatable bonds is 11. The topological polar surface area (TPSA) is 76.6 Å². The zero-order valence-electron chi connectivity index (χ0n) is 12.9. The van der Waals surface area contributed by atoms with Gasteiger partial charge in [-0.05, 0) is 31.1 Å². The van der Waals surface area contributed by atoms with Gasteiger partial charge < -0.3 is 16.1 Å². The van der Waals surface area contributed by atoms with Crippen molar-refractivity contribution in [2.24, 2.45) is 5.41 Å². The Bertz CT molecular complexity index is 183. The average Bonchev–Trinajstić information content (AvgIpc) is 2.30. The predicted molar refractivity (Wildman–Crippen MR) is 76.6 cm³/mol. The number of aliphatic carboxylic acids is 1. The second kappa shape index (κ2) is 11.5. The first-order chi connectivity index (χ1) is 8.10. The smallest absolute Gasteiger partial charge is 0.0419 e. The van der Waals surface area contributed by atoms with Crippen LogP contribution in [0.5, 0.6) is 0 Å². The fourth-order valence-corrected chi connectivity index (χ4v) is 2.60. The number of hydrogen-bond acceptors (Lipinski definition) is 2. The van der Waals surface area contributed by atoms with Crippen LogP contribution in [-0.2, 0) is 4.79 Å². The molecule has 0 amide bonds. The first-order valence-corrected chi connectivity index (χ1v) is 7.30. The van der Waals surface area contributed by atoms with Crippen molar-refractivity contribution in [1.29, 1.82) is 0 Å². The summed E-state index contributed by atoms with van der Waals surface area (Å²) in [5, 5.41) is 11.0. The molecule has 0 rings (SSSR count). The van der Waals surface area contributed by atoms with Crippen molar-refractivity contribution in [2.75, 3.05) is 0 Å². The lowest BCUT2D eigenvalue weighted by Gasteiger charge is -2.35. The first kappa shape index (κ1) is 19.8. The van der Waals surface area contributed by atoms with Crippen LogP contribution in [-0.4, -0.2) is 5.97 Å². The number of hydrogen-bond donors (Lipinski definition) is 1. The standard InChI is InChI=1S/C15H30O2.H3N/c1-4-7-10-15(11-8-5-2,12-9-6-3)13-14(16)17;/h4-13H2,1-3H3,(H,16,17);1H3. The maximum absolute atomic E-state index is 11.0. The van der Waals surface area contributed by atoms with Gasteiger partial charge in [-0.1, -0.05) is 59.3 Å². The molecule has 0 aromatic rings. The molecule has 110 valence electrons. The van der Waals surface area contributed by atoms with Crippen LogP contribution in [0.4, 0.5) is 0 Å². The molecule has 0 aliphatic rings. The van der Waals surface area contributed by atoms with E-state index in [9.17, 15) is 9.90 Å². The molecule has 0 heterocycles. The highest BCUT2D eigenvalue weighted by molar-refractivity contribution is 5.65. The van der Waals surface area contributed by atoms with E-state index in [-0.39, 0.29) is 18.0 Å². The van der Waals surface area contributed by atoms with Gasteiger partial charge in [-0.15, -0.1) is 0 Å². The highest BCUT2D eigenvalue weighted by Gasteiger charge is 2.28. The van der Waals surface area contributed by atoms with Gasteiger partial charge in [0.25, 0.3) is 0 Å². The molecule has 3 heteroatoms. The van der Waals surface area contributed by atoms with Crippen molar-refractivity contribution in [3.63, 3.8) is 0 Å². The van der Waals surface area contributed by atoms with Crippen molar-refractivity contribution in [1.82, 2.24) is 6.15 Å². The van der Waals surface area contributed by atoms with Crippen molar-refractivity contribution in [3.8, 4) is 0 Å². The molecule has 0 radical (unpaired) electrons. The summed E-state index contributed by atoms with van der Waals surface area (Å²) in [6, 6.07) is 0. The largest absolute Gasteiger partial charge is 0.550 e. The second-order valence-electron chi connectivity index (χ2n) is 5.36. The minimum absolute atomic E-state index is 0. The van der Waals surface area contributed by atoms with Gasteiger partial charge in [0, 0.05) is 5.97 Å². The highest BCUT2D eigenvalue weighted by Crippen LogP contribution is 2.39. The van der Waals surface area contributed by atoms with Gasteiger partial charge in [-0.2, -0.15) is 0 Å². The number of quaternary nitrogens is 1. The monoisotopic (exact) mass is 259 g/mol. The summed E-state index contributed by atoms with van der Waals surface area (Å²) in [6.07, 6.45) is 10.3. The summed E-state index contributed by atoms with van der Waals surface area (Å²) in [5.41, 5.74) is 0.0147. The number of carboxylic acid groups (broad SMARTS) is 1. The Kier molecular flexibility index (Phi) is 12.6. The molecule has 0 atom stereocenters. The number of unbranched alkanes of at least 4 members (excludes halogenated alkanes) is 3. The van der Waals surface area contributed by atoms with Crippen LogP contribution in [0.1, 0.15) is 85.0 Å². The Balaban J connectivity index is 0. The maximum Gasteiger partial charge on any atom is 0.0419 e. The normalized spacial score (nSPS) is 11.1. The molecule has 0 aliphatic heterocycles. The van der Waals surface area contributed by atoms with E-state index in [1.165, 1.54) is 0 Å². The summed E-state index contributed by atoms with van der Waals surface area (Å²) in [7, 11) is 0. The molecule has 0 saturated carbocycles. The van der Waals surface area contributed by atoms with Gasteiger partial charge in [0.1, 0.15) is 0 Å². The zero-order chi connectivity index (χ0) is 13.1. The lowest BCUT2D eigenvalue weighted by Crippen LogP contribution is -2.32. The van der Waals surface area contributed by atoms with Crippen LogP contribution in [0.2, 0.25) is 0 Å². The van der Waals surface area contributed by atoms with E-state index in [4.69, 9.17) is 0 Å². The van der Waals surface area contributed by atoms with Gasteiger partial charge in [-0.25, -0.2) is 0 Å². The molecule has 4 N–H and O–H groups in total. The van der Waals surface area contributed by atoms with E-state index < -0.39 is 5.97 Å². The zero-order valence-corrected chi connectivity index (χ0v) is 12.9. The van der Waals surface area contributed by atoms with E-state index in [1.807, 2.05) is 0 Å². The number of carbonyl (C=O) groups is 1. The second-order valence-corrected chi connectivity index (χ2v) is 5.36. The van der Waals surface area contributed by atoms with E-state index >= 15 is 0 Å². The van der Waals surface area contributed by atoms with Crippen molar-refractivity contribution < 1.29 is 9.90 Å². The minimum atomic E-state index is -0.867. The summed E-state index contributed by atoms with van der Waals surface area (Å²) >= 11 is 0. The van der Waals surface area contributed by atoms with Gasteiger partial charge in [-0.3, -0.25) is 0 Å². The van der Waals surface area contributed by atoms with Crippen LogP contribution in [0.3, 0.4) is 0 Å². The van der Waals surface area contributed by atoms with Crippen LogP contribution in [0.25, 0.3) is 0 Å². The van der Waals surface area contributed by atoms with Gasteiger partial charge in [0.2, 0.25) is 0 Å². The lowest BCUT2D eigenvalue weighted by atomic mass is 9.72. The molecule has 0 fully saturated rings. The molecule has 0 aliphatic carbocycles. The summed E-state index contributed by atoms with van der Waals surface area (Å²) in [4.78, 5) is 11.0. The Hall–Kier alpha value is -0.570. The van der Waals surface area contributed by atoms with Crippen molar-refractivity contribution in [3.05, 3.63) is 0 Å². The summed E-state index contributed by atoms with van der Waals surface area (Å²) in [6.45, 7) is 6.51. The van der Waals surface area contributed by atoms with E-state index in [0.717, 1.165) is 57.8 Å². The van der Waals surface area contributed by atoms with Gasteiger partial charge >= 0.3 is 0 Å². The third kappa shape index (κ3) is 8.51. The molecule has 0 aromatic heterocycles. The fourth-order valence-electron chi connectivity index (χ4n) is 2.60. The minimum Gasteiger partial charge on any atom is -0.550 e. The van der Waals surface area contributed by atoms with Crippen molar-refractivity contribution in [2.45, 2.75) is 85.0 Å². The first-order valence-electron chi connectivity index (χ1n) is 7.30. The van der Waals surface area contributed by atoms with Crippen LogP contribution in [0.15, 0.2) is 0 Å². The Morgan fingerprint density at radius 3 is 1.44 bits per heavy atom. The summed E-state index contributed by atoms with van der Waals surface area (Å²) < 4.78 is 0. The van der Waals surface area contributed by atoms with Gasteiger partial charge in [0.05, 0.1) is 0 Å². The summed E-state index contributed by atoms with van der Waals surface area (Å²) in [5.74, 6) is -0.867. The SMILES string of the molecule is CCCCC(CCCC)(CCCC)CC(=O)[O-].[NH4+]. The molecule has 0 spiro atoms. The van der Waals surface area contributed by atoms with E-state index in [0.29, 0.717) is 0 Å².